The average Bonchev–Trinajstić information content (AvgIpc) is 2.60. The van der Waals surface area contributed by atoms with Gasteiger partial charge in [0.2, 0.25) is 5.91 Å². The Bertz CT molecular complexity index is 469. The van der Waals surface area contributed by atoms with Crippen LogP contribution in [0.1, 0.15) is 50.5 Å². The first-order valence-corrected chi connectivity index (χ1v) is 8.91. The standard InChI is InChI=1S/C19H31N3O/c20-12-7-13-22(15-17-8-3-1-4-9-17)18(23)14-19(16-21)10-5-2-6-11-19/h1,3-4,8-9H,2,5-7,10-16,20-21H2. The molecule has 0 bridgehead atoms. The predicted molar refractivity (Wildman–Crippen MR) is 94.7 cm³/mol. The minimum Gasteiger partial charge on any atom is -0.338 e. The van der Waals surface area contributed by atoms with Crippen LogP contribution in [0.25, 0.3) is 0 Å². The Morgan fingerprint density at radius 3 is 2.39 bits per heavy atom. The first-order valence-electron chi connectivity index (χ1n) is 8.91. The van der Waals surface area contributed by atoms with Crippen LogP contribution in [0.15, 0.2) is 30.3 Å². The quantitative estimate of drug-likeness (QED) is 0.774. The molecule has 4 N–H and O–H groups in total. The molecule has 1 aromatic rings. The van der Waals surface area contributed by atoms with Gasteiger partial charge in [-0.25, -0.2) is 0 Å². The van der Waals surface area contributed by atoms with E-state index in [4.69, 9.17) is 11.5 Å². The zero-order valence-electron chi connectivity index (χ0n) is 14.2. The Kier molecular flexibility index (Phi) is 7.06. The average molecular weight is 317 g/mol. The van der Waals surface area contributed by atoms with Gasteiger partial charge < -0.3 is 16.4 Å². The van der Waals surface area contributed by atoms with Crippen molar-refractivity contribution < 1.29 is 4.79 Å². The topological polar surface area (TPSA) is 72.3 Å². The van der Waals surface area contributed by atoms with Crippen LogP contribution in [0.5, 0.6) is 0 Å². The van der Waals surface area contributed by atoms with Gasteiger partial charge in [-0.3, -0.25) is 4.79 Å². The highest BCUT2D eigenvalue weighted by Gasteiger charge is 2.34. The number of hydrogen-bond acceptors (Lipinski definition) is 3. The second kappa shape index (κ2) is 9.04. The fourth-order valence-electron chi connectivity index (χ4n) is 3.57. The van der Waals surface area contributed by atoms with Crippen molar-refractivity contribution >= 4 is 5.91 Å². The molecule has 0 atom stereocenters. The molecule has 0 radical (unpaired) electrons. The summed E-state index contributed by atoms with van der Waals surface area (Å²) in [5.74, 6) is 0.231. The van der Waals surface area contributed by atoms with Crippen LogP contribution in [0.3, 0.4) is 0 Å². The second-order valence-corrected chi connectivity index (χ2v) is 6.88. The van der Waals surface area contributed by atoms with Crippen molar-refractivity contribution in [3.63, 3.8) is 0 Å². The van der Waals surface area contributed by atoms with Crippen molar-refractivity contribution in [1.82, 2.24) is 4.90 Å². The van der Waals surface area contributed by atoms with E-state index in [1.54, 1.807) is 0 Å². The minimum absolute atomic E-state index is 0.0208. The van der Waals surface area contributed by atoms with E-state index < -0.39 is 0 Å². The summed E-state index contributed by atoms with van der Waals surface area (Å²) in [5.41, 5.74) is 12.9. The van der Waals surface area contributed by atoms with Crippen LogP contribution < -0.4 is 11.5 Å². The van der Waals surface area contributed by atoms with Crippen molar-refractivity contribution in [2.45, 2.75) is 51.5 Å². The van der Waals surface area contributed by atoms with Crippen molar-refractivity contribution in [3.8, 4) is 0 Å². The van der Waals surface area contributed by atoms with Crippen LogP contribution in [-0.2, 0) is 11.3 Å². The monoisotopic (exact) mass is 317 g/mol. The molecule has 0 aromatic heterocycles. The lowest BCUT2D eigenvalue weighted by molar-refractivity contribution is -0.135. The first kappa shape index (κ1) is 18.0. The molecule has 23 heavy (non-hydrogen) atoms. The fraction of sp³-hybridized carbons (Fsp3) is 0.632. The third-order valence-corrected chi connectivity index (χ3v) is 5.07. The van der Waals surface area contributed by atoms with Crippen molar-refractivity contribution in [2.75, 3.05) is 19.6 Å². The normalized spacial score (nSPS) is 17.0. The predicted octanol–water partition coefficient (Wildman–Crippen LogP) is 2.66. The summed E-state index contributed by atoms with van der Waals surface area (Å²) in [4.78, 5) is 14.9. The van der Waals surface area contributed by atoms with E-state index in [9.17, 15) is 4.79 Å². The highest BCUT2D eigenvalue weighted by atomic mass is 16.2. The molecule has 4 heteroatoms. The van der Waals surface area contributed by atoms with Gasteiger partial charge in [0.05, 0.1) is 0 Å². The third-order valence-electron chi connectivity index (χ3n) is 5.07. The number of rotatable bonds is 8. The highest BCUT2D eigenvalue weighted by Crippen LogP contribution is 2.38. The lowest BCUT2D eigenvalue weighted by Gasteiger charge is -2.37. The number of carbonyl (C=O) groups excluding carboxylic acids is 1. The van der Waals surface area contributed by atoms with Crippen LogP contribution in [0, 0.1) is 5.41 Å². The third kappa shape index (κ3) is 5.33. The number of hydrogen-bond donors (Lipinski definition) is 2. The Morgan fingerprint density at radius 1 is 1.09 bits per heavy atom. The van der Waals surface area contributed by atoms with Gasteiger partial charge in [-0.15, -0.1) is 0 Å². The molecule has 0 spiro atoms. The number of nitrogens with two attached hydrogens (primary N) is 2. The summed E-state index contributed by atoms with van der Waals surface area (Å²) < 4.78 is 0. The molecule has 128 valence electrons. The highest BCUT2D eigenvalue weighted by molar-refractivity contribution is 5.77. The number of benzene rings is 1. The van der Waals surface area contributed by atoms with Gasteiger partial charge in [-0.05, 0) is 43.3 Å². The van der Waals surface area contributed by atoms with Crippen molar-refractivity contribution in [3.05, 3.63) is 35.9 Å². The Hall–Kier alpha value is -1.39. The zero-order valence-corrected chi connectivity index (χ0v) is 14.2. The lowest BCUT2D eigenvalue weighted by atomic mass is 9.71. The molecule has 1 aliphatic carbocycles. The molecule has 1 aromatic carbocycles. The van der Waals surface area contributed by atoms with Crippen LogP contribution >= 0.6 is 0 Å². The van der Waals surface area contributed by atoms with Gasteiger partial charge >= 0.3 is 0 Å². The largest absolute Gasteiger partial charge is 0.338 e. The van der Waals surface area contributed by atoms with Gasteiger partial charge in [0.15, 0.2) is 0 Å². The van der Waals surface area contributed by atoms with E-state index in [1.807, 2.05) is 23.1 Å². The Balaban J connectivity index is 2.03. The van der Waals surface area contributed by atoms with E-state index in [2.05, 4.69) is 12.1 Å². The molecule has 0 heterocycles. The maximum absolute atomic E-state index is 12.9. The Labute approximate surface area is 140 Å². The molecule has 2 rings (SSSR count). The molecule has 1 saturated carbocycles. The van der Waals surface area contributed by atoms with Gasteiger partial charge in [-0.1, -0.05) is 49.6 Å². The van der Waals surface area contributed by atoms with E-state index >= 15 is 0 Å². The van der Waals surface area contributed by atoms with E-state index in [0.717, 1.165) is 25.8 Å². The summed E-state index contributed by atoms with van der Waals surface area (Å²) in [7, 11) is 0. The first-order chi connectivity index (χ1) is 11.2. The minimum atomic E-state index is 0.0208. The van der Waals surface area contributed by atoms with E-state index in [1.165, 1.54) is 24.8 Å². The molecule has 1 fully saturated rings. The molecular weight excluding hydrogens is 286 g/mol. The Morgan fingerprint density at radius 2 is 1.78 bits per heavy atom. The van der Waals surface area contributed by atoms with Gasteiger partial charge in [-0.2, -0.15) is 0 Å². The molecule has 1 aliphatic rings. The molecule has 4 nitrogen and oxygen atoms in total. The number of amides is 1. The van der Waals surface area contributed by atoms with Gasteiger partial charge in [0.1, 0.15) is 0 Å². The summed E-state index contributed by atoms with van der Waals surface area (Å²) in [6, 6.07) is 10.2. The van der Waals surface area contributed by atoms with Crippen LogP contribution in [0.4, 0.5) is 0 Å². The maximum Gasteiger partial charge on any atom is 0.223 e. The summed E-state index contributed by atoms with van der Waals surface area (Å²) in [6.45, 7) is 2.63. The number of carbonyl (C=O) groups is 1. The van der Waals surface area contributed by atoms with Crippen LogP contribution in [-0.4, -0.2) is 30.4 Å². The lowest BCUT2D eigenvalue weighted by Crippen LogP contribution is -2.41. The van der Waals surface area contributed by atoms with Crippen molar-refractivity contribution in [2.24, 2.45) is 16.9 Å². The van der Waals surface area contributed by atoms with E-state index in [-0.39, 0.29) is 11.3 Å². The van der Waals surface area contributed by atoms with Crippen LogP contribution in [0.2, 0.25) is 0 Å². The molecular formula is C19H31N3O. The second-order valence-electron chi connectivity index (χ2n) is 6.88. The molecule has 1 amide bonds. The molecule has 0 saturated heterocycles. The summed E-state index contributed by atoms with van der Waals surface area (Å²) in [5, 5.41) is 0. The SMILES string of the molecule is NCCCN(Cc1ccccc1)C(=O)CC1(CN)CCCCC1. The maximum atomic E-state index is 12.9. The number of nitrogens with zero attached hydrogens (tertiary/aromatic N) is 1. The fourth-order valence-corrected chi connectivity index (χ4v) is 3.57. The molecule has 0 unspecified atom stereocenters. The van der Waals surface area contributed by atoms with Crippen molar-refractivity contribution in [1.29, 1.82) is 0 Å². The zero-order chi connectivity index (χ0) is 16.5. The molecule has 0 aliphatic heterocycles. The smallest absolute Gasteiger partial charge is 0.223 e. The summed E-state index contributed by atoms with van der Waals surface area (Å²) >= 11 is 0. The van der Waals surface area contributed by atoms with Gasteiger partial charge in [0, 0.05) is 19.5 Å². The summed E-state index contributed by atoms with van der Waals surface area (Å²) in [6.07, 6.45) is 7.28. The van der Waals surface area contributed by atoms with Gasteiger partial charge in [0.25, 0.3) is 0 Å². The van der Waals surface area contributed by atoms with E-state index in [0.29, 0.717) is 26.1 Å².